The van der Waals surface area contributed by atoms with Crippen LogP contribution in [0.2, 0.25) is 0 Å². The molecule has 7 heteroatoms. The van der Waals surface area contributed by atoms with Crippen molar-refractivity contribution in [1.29, 1.82) is 0 Å². The molecule has 0 fully saturated rings. The number of phosphoric ester groups is 1. The second-order valence-corrected chi connectivity index (χ2v) is 4.32. The highest BCUT2D eigenvalue weighted by Crippen LogP contribution is 2.37. The molecule has 0 heterocycles. The third kappa shape index (κ3) is 4.55. The standard InChI is InChI=1S/C9H11NO5P/c10-8(6-11)5-7-1-3-9(4-2-7)15-16(12,13)14/h1-4,8H,5,10H2,(H2,12,13,14)/t8-/m0/s1. The first kappa shape index (κ1) is 12.9. The van der Waals surface area contributed by atoms with Crippen LogP contribution >= 0.6 is 7.82 Å². The fourth-order valence-electron chi connectivity index (χ4n) is 1.12. The molecule has 0 unspecified atom stereocenters. The number of benzene rings is 1. The van der Waals surface area contributed by atoms with Gasteiger partial charge in [-0.05, 0) is 24.1 Å². The Morgan fingerprint density at radius 3 is 2.38 bits per heavy atom. The molecule has 1 radical (unpaired) electrons. The van der Waals surface area contributed by atoms with Crippen molar-refractivity contribution < 1.29 is 23.7 Å². The number of nitrogens with two attached hydrogens (primary N) is 1. The maximum atomic E-state index is 10.5. The van der Waals surface area contributed by atoms with Crippen LogP contribution in [0.25, 0.3) is 0 Å². The van der Waals surface area contributed by atoms with Crippen LogP contribution in [-0.4, -0.2) is 22.1 Å². The van der Waals surface area contributed by atoms with E-state index in [1.165, 1.54) is 12.1 Å². The molecular weight excluding hydrogens is 233 g/mol. The topological polar surface area (TPSA) is 110 Å². The van der Waals surface area contributed by atoms with Crippen molar-refractivity contribution in [2.24, 2.45) is 5.73 Å². The van der Waals surface area contributed by atoms with Gasteiger partial charge in [0.25, 0.3) is 0 Å². The molecule has 0 saturated carbocycles. The smallest absolute Gasteiger partial charge is 0.404 e. The quantitative estimate of drug-likeness (QED) is 0.635. The Hall–Kier alpha value is -1.20. The molecule has 0 aromatic heterocycles. The minimum absolute atomic E-state index is 0.0562. The summed E-state index contributed by atoms with van der Waals surface area (Å²) in [7, 11) is -4.52. The lowest BCUT2D eigenvalue weighted by molar-refractivity contribution is 0.283. The average molecular weight is 244 g/mol. The van der Waals surface area contributed by atoms with Crippen LogP contribution in [0.3, 0.4) is 0 Å². The monoisotopic (exact) mass is 244 g/mol. The molecule has 4 N–H and O–H groups in total. The van der Waals surface area contributed by atoms with E-state index in [-0.39, 0.29) is 5.75 Å². The Bertz CT molecular complexity index is 399. The summed E-state index contributed by atoms with van der Waals surface area (Å²) in [5.41, 5.74) is 6.12. The number of hydrogen-bond donors (Lipinski definition) is 3. The van der Waals surface area contributed by atoms with Crippen molar-refractivity contribution in [2.45, 2.75) is 12.5 Å². The number of carbonyl (C=O) groups excluding carboxylic acids is 1. The van der Waals surface area contributed by atoms with E-state index in [1.807, 2.05) is 0 Å². The van der Waals surface area contributed by atoms with Crippen molar-refractivity contribution in [1.82, 2.24) is 0 Å². The fourth-order valence-corrected chi connectivity index (χ4v) is 1.52. The third-order valence-electron chi connectivity index (χ3n) is 1.75. The van der Waals surface area contributed by atoms with Crippen molar-refractivity contribution in [2.75, 3.05) is 0 Å². The van der Waals surface area contributed by atoms with Gasteiger partial charge in [0.2, 0.25) is 6.29 Å². The molecule has 0 saturated heterocycles. The van der Waals surface area contributed by atoms with E-state index in [0.29, 0.717) is 6.42 Å². The van der Waals surface area contributed by atoms with E-state index in [2.05, 4.69) is 4.52 Å². The molecule has 16 heavy (non-hydrogen) atoms. The van der Waals surface area contributed by atoms with Crippen LogP contribution in [0.1, 0.15) is 5.56 Å². The Morgan fingerprint density at radius 2 is 1.94 bits per heavy atom. The molecule has 0 bridgehead atoms. The summed E-state index contributed by atoms with van der Waals surface area (Å²) >= 11 is 0. The lowest BCUT2D eigenvalue weighted by atomic mass is 10.1. The van der Waals surface area contributed by atoms with Gasteiger partial charge in [0, 0.05) is 0 Å². The van der Waals surface area contributed by atoms with E-state index in [9.17, 15) is 9.36 Å². The van der Waals surface area contributed by atoms with Gasteiger partial charge >= 0.3 is 7.82 Å². The van der Waals surface area contributed by atoms with Crippen LogP contribution in [0, 0.1) is 0 Å². The Balaban J connectivity index is 2.68. The molecule has 87 valence electrons. The Labute approximate surface area is 92.3 Å². The van der Waals surface area contributed by atoms with Gasteiger partial charge in [-0.15, -0.1) is 0 Å². The predicted octanol–water partition coefficient (Wildman–Crippen LogP) is 0.138. The van der Waals surface area contributed by atoms with Crippen LogP contribution in [0.15, 0.2) is 24.3 Å². The Morgan fingerprint density at radius 1 is 1.38 bits per heavy atom. The summed E-state index contributed by atoms with van der Waals surface area (Å²) in [4.78, 5) is 27.3. The van der Waals surface area contributed by atoms with E-state index in [1.54, 1.807) is 18.4 Å². The number of phosphoric acid groups is 1. The molecule has 1 aromatic rings. The molecule has 1 rings (SSSR count). The largest absolute Gasteiger partial charge is 0.524 e. The van der Waals surface area contributed by atoms with Gasteiger partial charge in [0.05, 0.1) is 6.04 Å². The van der Waals surface area contributed by atoms with Gasteiger partial charge in [-0.3, -0.25) is 14.6 Å². The molecule has 0 spiro atoms. The summed E-state index contributed by atoms with van der Waals surface area (Å²) in [6.45, 7) is 0. The maximum Gasteiger partial charge on any atom is 0.524 e. The van der Waals surface area contributed by atoms with Crippen molar-refractivity contribution >= 4 is 14.1 Å². The highest BCUT2D eigenvalue weighted by molar-refractivity contribution is 7.46. The lowest BCUT2D eigenvalue weighted by Gasteiger charge is -2.08. The molecule has 0 aliphatic heterocycles. The van der Waals surface area contributed by atoms with Gasteiger partial charge in [-0.25, -0.2) is 4.57 Å². The predicted molar refractivity (Wildman–Crippen MR) is 56.5 cm³/mol. The summed E-state index contributed by atoms with van der Waals surface area (Å²) in [6.07, 6.45) is 1.96. The molecule has 6 nitrogen and oxygen atoms in total. The van der Waals surface area contributed by atoms with Gasteiger partial charge in [0.15, 0.2) is 0 Å². The Kier molecular flexibility index (Phi) is 4.20. The first-order valence-corrected chi connectivity index (χ1v) is 5.91. The lowest BCUT2D eigenvalue weighted by Crippen LogP contribution is -2.23. The first-order chi connectivity index (χ1) is 7.40. The van der Waals surface area contributed by atoms with Crippen molar-refractivity contribution in [3.8, 4) is 5.75 Å². The normalized spacial score (nSPS) is 13.2. The minimum Gasteiger partial charge on any atom is -0.404 e. The minimum atomic E-state index is -4.52. The number of hydrogen-bond acceptors (Lipinski definition) is 4. The molecule has 1 atom stereocenters. The van der Waals surface area contributed by atoms with E-state index in [4.69, 9.17) is 15.5 Å². The SMILES string of the molecule is N[C@H]([C]=O)Cc1ccc(OP(=O)(O)O)cc1. The molecule has 0 aliphatic rings. The average Bonchev–Trinajstić information content (AvgIpc) is 2.18. The molecule has 1 aromatic carbocycles. The summed E-state index contributed by atoms with van der Waals surface area (Å²) in [5.74, 6) is 0.0562. The third-order valence-corrected chi connectivity index (χ3v) is 2.20. The summed E-state index contributed by atoms with van der Waals surface area (Å²) in [5, 5.41) is 0. The fraction of sp³-hybridized carbons (Fsp3) is 0.222. The van der Waals surface area contributed by atoms with E-state index < -0.39 is 13.9 Å². The van der Waals surface area contributed by atoms with Gasteiger partial charge in [-0.1, -0.05) is 12.1 Å². The van der Waals surface area contributed by atoms with Crippen molar-refractivity contribution in [3.05, 3.63) is 29.8 Å². The highest BCUT2D eigenvalue weighted by atomic mass is 31.2. The molecular formula is C9H11NO5P. The van der Waals surface area contributed by atoms with E-state index in [0.717, 1.165) is 5.56 Å². The zero-order valence-corrected chi connectivity index (χ0v) is 9.13. The van der Waals surface area contributed by atoms with Crippen LogP contribution < -0.4 is 10.3 Å². The summed E-state index contributed by atoms with van der Waals surface area (Å²) < 4.78 is 14.9. The van der Waals surface area contributed by atoms with Crippen molar-refractivity contribution in [3.63, 3.8) is 0 Å². The van der Waals surface area contributed by atoms with Gasteiger partial charge in [0.1, 0.15) is 5.75 Å². The number of rotatable bonds is 5. The van der Waals surface area contributed by atoms with Gasteiger partial charge in [-0.2, -0.15) is 0 Å². The second kappa shape index (κ2) is 5.23. The zero-order chi connectivity index (χ0) is 12.2. The second-order valence-electron chi connectivity index (χ2n) is 3.15. The van der Waals surface area contributed by atoms with Gasteiger partial charge < -0.3 is 10.3 Å². The van der Waals surface area contributed by atoms with E-state index >= 15 is 0 Å². The molecule has 0 aliphatic carbocycles. The maximum absolute atomic E-state index is 10.5. The van der Waals surface area contributed by atoms with Crippen LogP contribution in [0.5, 0.6) is 5.75 Å². The van der Waals surface area contributed by atoms with Crippen LogP contribution in [0.4, 0.5) is 0 Å². The zero-order valence-electron chi connectivity index (χ0n) is 8.24. The first-order valence-electron chi connectivity index (χ1n) is 4.38. The van der Waals surface area contributed by atoms with Crippen LogP contribution in [-0.2, 0) is 15.8 Å². The summed E-state index contributed by atoms with van der Waals surface area (Å²) in [6, 6.07) is 5.23. The highest BCUT2D eigenvalue weighted by Gasteiger charge is 2.15. The molecule has 0 amide bonds.